The van der Waals surface area contributed by atoms with E-state index >= 15 is 0 Å². The van der Waals surface area contributed by atoms with Crippen LogP contribution in [0.3, 0.4) is 0 Å². The molecule has 1 atom stereocenters. The van der Waals surface area contributed by atoms with Crippen LogP contribution in [0.25, 0.3) is 0 Å². The molecule has 0 unspecified atom stereocenters. The first kappa shape index (κ1) is 5.82. The number of rotatable bonds is 0. The third kappa shape index (κ3) is 1.57. The lowest BCUT2D eigenvalue weighted by Gasteiger charge is -2.11. The van der Waals surface area contributed by atoms with Gasteiger partial charge in [-0.3, -0.25) is 0 Å². The van der Waals surface area contributed by atoms with Crippen LogP contribution in [0, 0.1) is 0 Å². The molecule has 0 radical (unpaired) electrons. The largest absolute Gasteiger partial charge is 0.365 e. The average molecular weight is 212 g/mol. The SMILES string of the molecule is C[C@@]1(I)CCCO1. The highest BCUT2D eigenvalue weighted by Crippen LogP contribution is 2.30. The summed E-state index contributed by atoms with van der Waals surface area (Å²) in [6.45, 7) is 3.08. The van der Waals surface area contributed by atoms with Crippen molar-refractivity contribution in [3.8, 4) is 0 Å². The van der Waals surface area contributed by atoms with Gasteiger partial charge in [0.1, 0.15) is 3.61 Å². The molecule has 7 heavy (non-hydrogen) atoms. The standard InChI is InChI=1S/C5H9IO/c1-5(6)3-2-4-7-5/h2-4H2,1H3/t5-/m0/s1. The van der Waals surface area contributed by atoms with E-state index in [-0.39, 0.29) is 3.61 Å². The lowest BCUT2D eigenvalue weighted by molar-refractivity contribution is 0.111. The Morgan fingerprint density at radius 1 is 1.71 bits per heavy atom. The van der Waals surface area contributed by atoms with E-state index in [1.165, 1.54) is 12.8 Å². The number of halogens is 1. The summed E-state index contributed by atoms with van der Waals surface area (Å²) in [7, 11) is 0. The molecule has 0 aromatic rings. The fourth-order valence-electron chi connectivity index (χ4n) is 0.745. The van der Waals surface area contributed by atoms with Gasteiger partial charge in [-0.25, -0.2) is 0 Å². The predicted octanol–water partition coefficient (Wildman–Crippen LogP) is 1.95. The molecule has 0 aliphatic carbocycles. The van der Waals surface area contributed by atoms with Crippen molar-refractivity contribution in [1.82, 2.24) is 0 Å². The van der Waals surface area contributed by atoms with Crippen molar-refractivity contribution in [1.29, 1.82) is 0 Å². The molecule has 1 rings (SSSR count). The molecule has 1 aliphatic rings. The Hall–Kier alpha value is 0.690. The first-order chi connectivity index (χ1) is 3.21. The fraction of sp³-hybridized carbons (Fsp3) is 1.00. The number of alkyl halides is 1. The Balaban J connectivity index is 2.40. The van der Waals surface area contributed by atoms with Crippen LogP contribution in [0.15, 0.2) is 0 Å². The molecule has 2 heteroatoms. The van der Waals surface area contributed by atoms with Crippen molar-refractivity contribution in [2.75, 3.05) is 6.61 Å². The summed E-state index contributed by atoms with van der Waals surface area (Å²) < 4.78 is 5.49. The van der Waals surface area contributed by atoms with Crippen LogP contribution >= 0.6 is 22.6 Å². The second-order valence-electron chi connectivity index (χ2n) is 2.05. The molecule has 1 nitrogen and oxygen atoms in total. The van der Waals surface area contributed by atoms with Gasteiger partial charge in [0.25, 0.3) is 0 Å². The Bertz CT molecular complexity index is 62.5. The molecular formula is C5H9IO. The maximum Gasteiger partial charge on any atom is 0.116 e. The van der Waals surface area contributed by atoms with Gasteiger partial charge in [-0.2, -0.15) is 0 Å². The molecule has 1 fully saturated rings. The minimum Gasteiger partial charge on any atom is -0.365 e. The highest BCUT2D eigenvalue weighted by molar-refractivity contribution is 14.1. The third-order valence-corrected chi connectivity index (χ3v) is 2.02. The summed E-state index contributed by atoms with van der Waals surface area (Å²) in [6.07, 6.45) is 2.45. The lowest BCUT2D eigenvalue weighted by Crippen LogP contribution is -2.10. The second-order valence-corrected chi connectivity index (χ2v) is 4.34. The summed E-state index contributed by atoms with van der Waals surface area (Å²) in [5.74, 6) is 0. The number of hydrogen-bond acceptors (Lipinski definition) is 1. The highest BCUT2D eigenvalue weighted by Gasteiger charge is 2.24. The summed E-state index contributed by atoms with van der Waals surface area (Å²) in [5, 5.41) is 0. The van der Waals surface area contributed by atoms with E-state index in [9.17, 15) is 0 Å². The summed E-state index contributed by atoms with van der Waals surface area (Å²) in [4.78, 5) is 0. The van der Waals surface area contributed by atoms with Gasteiger partial charge < -0.3 is 4.74 Å². The van der Waals surface area contributed by atoms with E-state index in [1.54, 1.807) is 0 Å². The average Bonchev–Trinajstić information content (AvgIpc) is 1.84. The first-order valence-corrected chi connectivity index (χ1v) is 3.61. The van der Waals surface area contributed by atoms with E-state index in [0.717, 1.165) is 6.61 Å². The minimum absolute atomic E-state index is 0.164. The van der Waals surface area contributed by atoms with E-state index in [1.807, 2.05) is 0 Å². The lowest BCUT2D eigenvalue weighted by atomic mass is 10.3. The highest BCUT2D eigenvalue weighted by atomic mass is 127. The zero-order valence-electron chi connectivity index (χ0n) is 4.41. The molecule has 42 valence electrons. The van der Waals surface area contributed by atoms with Crippen molar-refractivity contribution in [2.24, 2.45) is 0 Å². The zero-order chi connectivity index (χ0) is 5.33. The summed E-state index contributed by atoms with van der Waals surface area (Å²) in [5.41, 5.74) is 0. The van der Waals surface area contributed by atoms with Crippen LogP contribution in [-0.4, -0.2) is 10.2 Å². The van der Waals surface area contributed by atoms with Crippen molar-refractivity contribution in [2.45, 2.75) is 23.4 Å². The number of hydrogen-bond donors (Lipinski definition) is 0. The second kappa shape index (κ2) is 1.90. The van der Waals surface area contributed by atoms with Crippen LogP contribution in [0.5, 0.6) is 0 Å². The maximum absolute atomic E-state index is 5.33. The maximum atomic E-state index is 5.33. The third-order valence-electron chi connectivity index (χ3n) is 1.17. The van der Waals surface area contributed by atoms with Crippen LogP contribution in [0.2, 0.25) is 0 Å². The van der Waals surface area contributed by atoms with Gasteiger partial charge in [-0.1, -0.05) is 0 Å². The van der Waals surface area contributed by atoms with Crippen molar-refractivity contribution >= 4 is 22.6 Å². The van der Waals surface area contributed by atoms with Gasteiger partial charge in [0.2, 0.25) is 0 Å². The van der Waals surface area contributed by atoms with Crippen LogP contribution in [0.1, 0.15) is 19.8 Å². The van der Waals surface area contributed by atoms with E-state index in [4.69, 9.17) is 4.74 Å². The molecule has 1 aliphatic heterocycles. The van der Waals surface area contributed by atoms with Gasteiger partial charge in [0.15, 0.2) is 0 Å². The minimum atomic E-state index is 0.164. The van der Waals surface area contributed by atoms with Crippen LogP contribution in [-0.2, 0) is 4.74 Å². The molecule has 0 aromatic heterocycles. The Morgan fingerprint density at radius 3 is 2.57 bits per heavy atom. The van der Waals surface area contributed by atoms with Crippen LogP contribution in [0.4, 0.5) is 0 Å². The Labute approximate surface area is 57.6 Å². The molecule has 1 saturated heterocycles. The molecule has 0 N–H and O–H groups in total. The molecule has 1 heterocycles. The Kier molecular flexibility index (Phi) is 1.58. The van der Waals surface area contributed by atoms with Crippen molar-refractivity contribution in [3.05, 3.63) is 0 Å². The van der Waals surface area contributed by atoms with Gasteiger partial charge in [0.05, 0.1) is 0 Å². The fourth-order valence-corrected chi connectivity index (χ4v) is 1.35. The molecule has 0 bridgehead atoms. The van der Waals surface area contributed by atoms with Gasteiger partial charge in [0, 0.05) is 6.61 Å². The topological polar surface area (TPSA) is 9.23 Å². The van der Waals surface area contributed by atoms with E-state index < -0.39 is 0 Å². The van der Waals surface area contributed by atoms with E-state index in [0.29, 0.717) is 0 Å². The van der Waals surface area contributed by atoms with Gasteiger partial charge in [-0.05, 0) is 42.4 Å². The monoisotopic (exact) mass is 212 g/mol. The van der Waals surface area contributed by atoms with Gasteiger partial charge >= 0.3 is 0 Å². The van der Waals surface area contributed by atoms with E-state index in [2.05, 4.69) is 29.5 Å². The smallest absolute Gasteiger partial charge is 0.116 e. The molecule has 0 saturated carbocycles. The summed E-state index contributed by atoms with van der Waals surface area (Å²) in [6, 6.07) is 0. The zero-order valence-corrected chi connectivity index (χ0v) is 6.57. The summed E-state index contributed by atoms with van der Waals surface area (Å²) >= 11 is 2.34. The molecule has 0 spiro atoms. The molecule has 0 amide bonds. The predicted molar refractivity (Wildman–Crippen MR) is 37.6 cm³/mol. The van der Waals surface area contributed by atoms with Crippen molar-refractivity contribution < 1.29 is 4.74 Å². The first-order valence-electron chi connectivity index (χ1n) is 2.54. The molecule has 0 aromatic carbocycles. The number of ether oxygens (including phenoxy) is 1. The normalized spacial score (nSPS) is 42.0. The van der Waals surface area contributed by atoms with Crippen molar-refractivity contribution in [3.63, 3.8) is 0 Å². The van der Waals surface area contributed by atoms with Gasteiger partial charge in [-0.15, -0.1) is 0 Å². The Morgan fingerprint density at radius 2 is 2.43 bits per heavy atom. The quantitative estimate of drug-likeness (QED) is 0.440. The van der Waals surface area contributed by atoms with Crippen LogP contribution < -0.4 is 0 Å². The molecular weight excluding hydrogens is 203 g/mol.